The zero-order valence-electron chi connectivity index (χ0n) is 6.12. The Labute approximate surface area is 74.2 Å². The summed E-state index contributed by atoms with van der Waals surface area (Å²) in [6.07, 6.45) is 1.51. The summed E-state index contributed by atoms with van der Waals surface area (Å²) in [5, 5.41) is 11.4. The van der Waals surface area contributed by atoms with Crippen LogP contribution in [0.2, 0.25) is 5.02 Å². The second kappa shape index (κ2) is 3.92. The molecule has 0 aliphatic rings. The zero-order valence-corrected chi connectivity index (χ0v) is 6.88. The van der Waals surface area contributed by atoms with E-state index in [0.29, 0.717) is 10.8 Å². The van der Waals surface area contributed by atoms with Crippen LogP contribution < -0.4 is 5.32 Å². The molecule has 0 bridgehead atoms. The molecule has 0 unspecified atom stereocenters. The van der Waals surface area contributed by atoms with Crippen molar-refractivity contribution in [3.05, 3.63) is 23.4 Å². The first-order valence-corrected chi connectivity index (χ1v) is 3.63. The number of aliphatic carboxylic acids is 1. The highest BCUT2D eigenvalue weighted by Crippen LogP contribution is 2.10. The average molecular weight is 187 g/mol. The molecule has 0 aliphatic heterocycles. The number of carboxylic acids is 1. The summed E-state index contributed by atoms with van der Waals surface area (Å²) < 4.78 is 0. The second-order valence-electron chi connectivity index (χ2n) is 2.11. The van der Waals surface area contributed by atoms with Gasteiger partial charge in [-0.1, -0.05) is 11.6 Å². The number of carbonyl (C=O) groups is 1. The normalized spacial score (nSPS) is 9.42. The first-order valence-electron chi connectivity index (χ1n) is 3.25. The lowest BCUT2D eigenvalue weighted by Gasteiger charge is -2.00. The van der Waals surface area contributed by atoms with E-state index in [-0.39, 0.29) is 6.54 Å². The molecule has 1 aromatic rings. The molecule has 2 N–H and O–H groups in total. The van der Waals surface area contributed by atoms with Gasteiger partial charge in [0.05, 0.1) is 0 Å². The Morgan fingerprint density at radius 1 is 1.75 bits per heavy atom. The number of anilines is 1. The molecule has 0 atom stereocenters. The van der Waals surface area contributed by atoms with E-state index in [1.807, 2.05) is 0 Å². The number of pyridine rings is 1. The van der Waals surface area contributed by atoms with E-state index in [2.05, 4.69) is 10.3 Å². The summed E-state index contributed by atoms with van der Waals surface area (Å²) in [5.41, 5.74) is 0. The van der Waals surface area contributed by atoms with E-state index < -0.39 is 5.97 Å². The van der Waals surface area contributed by atoms with Gasteiger partial charge in [0.25, 0.3) is 0 Å². The highest BCUT2D eigenvalue weighted by Gasteiger charge is 1.97. The van der Waals surface area contributed by atoms with Crippen LogP contribution in [-0.4, -0.2) is 22.6 Å². The van der Waals surface area contributed by atoms with Gasteiger partial charge in [-0.25, -0.2) is 4.98 Å². The molecular formula is C7H7ClN2O2. The minimum atomic E-state index is -0.934. The van der Waals surface area contributed by atoms with Crippen LogP contribution in [0.4, 0.5) is 5.82 Å². The Kier molecular flexibility index (Phi) is 2.88. The first kappa shape index (κ1) is 8.80. The molecule has 0 aromatic carbocycles. The van der Waals surface area contributed by atoms with Gasteiger partial charge in [0.2, 0.25) is 0 Å². The molecular weight excluding hydrogens is 180 g/mol. The highest BCUT2D eigenvalue weighted by atomic mass is 35.5. The Balaban J connectivity index is 2.57. The second-order valence-corrected chi connectivity index (χ2v) is 2.54. The van der Waals surface area contributed by atoms with Crippen molar-refractivity contribution in [2.24, 2.45) is 0 Å². The van der Waals surface area contributed by atoms with Crippen molar-refractivity contribution in [2.45, 2.75) is 0 Å². The first-order chi connectivity index (χ1) is 5.68. The molecule has 1 aromatic heterocycles. The smallest absolute Gasteiger partial charge is 0.322 e. The Hall–Kier alpha value is -1.29. The third-order valence-electron chi connectivity index (χ3n) is 1.14. The molecule has 0 aliphatic carbocycles. The lowest BCUT2D eigenvalue weighted by atomic mass is 10.4. The van der Waals surface area contributed by atoms with Crippen molar-refractivity contribution in [2.75, 3.05) is 11.9 Å². The number of rotatable bonds is 3. The van der Waals surface area contributed by atoms with Crippen LogP contribution >= 0.6 is 11.6 Å². The third-order valence-corrected chi connectivity index (χ3v) is 1.38. The van der Waals surface area contributed by atoms with Gasteiger partial charge >= 0.3 is 5.97 Å². The van der Waals surface area contributed by atoms with Crippen molar-refractivity contribution in [3.63, 3.8) is 0 Å². The summed E-state index contributed by atoms with van der Waals surface area (Å²) in [6, 6.07) is 3.18. The molecule has 0 saturated carbocycles. The van der Waals surface area contributed by atoms with Crippen LogP contribution in [0.15, 0.2) is 18.3 Å². The lowest BCUT2D eigenvalue weighted by Crippen LogP contribution is -2.12. The van der Waals surface area contributed by atoms with Gasteiger partial charge < -0.3 is 10.4 Å². The fraction of sp³-hybridized carbons (Fsp3) is 0.143. The third kappa shape index (κ3) is 2.75. The van der Waals surface area contributed by atoms with Crippen molar-refractivity contribution in [1.82, 2.24) is 4.98 Å². The van der Waals surface area contributed by atoms with Crippen LogP contribution in [-0.2, 0) is 4.79 Å². The summed E-state index contributed by atoms with van der Waals surface area (Å²) in [6.45, 7) is -0.159. The monoisotopic (exact) mass is 186 g/mol. The maximum absolute atomic E-state index is 10.1. The standard InChI is InChI=1S/C7H7ClN2O2/c8-5-1-2-9-6(3-5)10-4-7(11)12/h1-3H,4H2,(H,9,10)(H,11,12). The fourth-order valence-corrected chi connectivity index (χ4v) is 0.827. The molecule has 12 heavy (non-hydrogen) atoms. The number of aromatic nitrogens is 1. The van der Waals surface area contributed by atoms with Crippen molar-refractivity contribution < 1.29 is 9.90 Å². The molecule has 0 radical (unpaired) electrons. The van der Waals surface area contributed by atoms with Gasteiger partial charge in [-0.2, -0.15) is 0 Å². The number of carboxylic acid groups (broad SMARTS) is 1. The predicted octanol–water partition coefficient (Wildman–Crippen LogP) is 1.23. The largest absolute Gasteiger partial charge is 0.480 e. The Bertz CT molecular complexity index is 290. The zero-order chi connectivity index (χ0) is 8.97. The van der Waals surface area contributed by atoms with Crippen molar-refractivity contribution in [1.29, 1.82) is 0 Å². The number of hydrogen-bond donors (Lipinski definition) is 2. The number of halogens is 1. The molecule has 4 nitrogen and oxygen atoms in total. The highest BCUT2D eigenvalue weighted by molar-refractivity contribution is 6.30. The quantitative estimate of drug-likeness (QED) is 0.746. The van der Waals surface area contributed by atoms with E-state index in [1.54, 1.807) is 12.1 Å². The molecule has 0 amide bonds. The van der Waals surface area contributed by atoms with Gasteiger partial charge in [0.15, 0.2) is 0 Å². The van der Waals surface area contributed by atoms with Crippen molar-refractivity contribution >= 4 is 23.4 Å². The maximum atomic E-state index is 10.1. The van der Waals surface area contributed by atoms with E-state index in [4.69, 9.17) is 16.7 Å². The molecule has 1 rings (SSSR count). The SMILES string of the molecule is O=C(O)CNc1cc(Cl)ccn1. The minimum Gasteiger partial charge on any atom is -0.480 e. The van der Waals surface area contributed by atoms with Crippen molar-refractivity contribution in [3.8, 4) is 0 Å². The van der Waals surface area contributed by atoms with E-state index >= 15 is 0 Å². The van der Waals surface area contributed by atoms with E-state index in [1.165, 1.54) is 6.20 Å². The van der Waals surface area contributed by atoms with Gasteiger partial charge in [-0.05, 0) is 12.1 Å². The van der Waals surface area contributed by atoms with Crippen LogP contribution in [0.3, 0.4) is 0 Å². The van der Waals surface area contributed by atoms with Crippen LogP contribution in [0.1, 0.15) is 0 Å². The molecule has 5 heteroatoms. The number of nitrogens with zero attached hydrogens (tertiary/aromatic N) is 1. The Morgan fingerprint density at radius 3 is 3.08 bits per heavy atom. The minimum absolute atomic E-state index is 0.159. The summed E-state index contributed by atoms with van der Waals surface area (Å²) >= 11 is 5.63. The topological polar surface area (TPSA) is 62.2 Å². The fourth-order valence-electron chi connectivity index (χ4n) is 0.668. The lowest BCUT2D eigenvalue weighted by molar-refractivity contribution is -0.134. The van der Waals surface area contributed by atoms with E-state index in [0.717, 1.165) is 0 Å². The molecule has 0 saturated heterocycles. The summed E-state index contributed by atoms with van der Waals surface area (Å²) in [4.78, 5) is 14.0. The maximum Gasteiger partial charge on any atom is 0.322 e. The van der Waals surface area contributed by atoms with Gasteiger partial charge in [-0.3, -0.25) is 4.79 Å². The number of hydrogen-bond acceptors (Lipinski definition) is 3. The Morgan fingerprint density at radius 2 is 2.50 bits per heavy atom. The van der Waals surface area contributed by atoms with E-state index in [9.17, 15) is 4.79 Å². The van der Waals surface area contributed by atoms with Gasteiger partial charge in [0.1, 0.15) is 12.4 Å². The van der Waals surface area contributed by atoms with Crippen LogP contribution in [0.25, 0.3) is 0 Å². The summed E-state index contributed by atoms with van der Waals surface area (Å²) in [5.74, 6) is -0.471. The predicted molar refractivity (Wildman–Crippen MR) is 45.4 cm³/mol. The van der Waals surface area contributed by atoms with Crippen LogP contribution in [0.5, 0.6) is 0 Å². The van der Waals surface area contributed by atoms with Gasteiger partial charge in [0, 0.05) is 11.2 Å². The average Bonchev–Trinajstić information content (AvgIpc) is 2.01. The molecule has 0 spiro atoms. The number of nitrogens with one attached hydrogen (secondary N) is 1. The summed E-state index contributed by atoms with van der Waals surface area (Å²) in [7, 11) is 0. The van der Waals surface area contributed by atoms with Gasteiger partial charge in [-0.15, -0.1) is 0 Å². The van der Waals surface area contributed by atoms with Crippen LogP contribution in [0, 0.1) is 0 Å². The molecule has 64 valence electrons. The molecule has 1 heterocycles. The molecule has 0 fully saturated rings.